The van der Waals surface area contributed by atoms with Gasteiger partial charge in [-0.25, -0.2) is 0 Å². The van der Waals surface area contributed by atoms with E-state index in [1.54, 1.807) is 31.2 Å². The number of nitrogens with one attached hydrogen (secondary N) is 3. The lowest BCUT2D eigenvalue weighted by molar-refractivity contribution is -0.899. The van der Waals surface area contributed by atoms with Crippen LogP contribution in [0.15, 0.2) is 30.3 Å². The molecule has 0 bridgehead atoms. The van der Waals surface area contributed by atoms with Gasteiger partial charge in [0.05, 0.1) is 19.7 Å². The number of likely N-dealkylation sites (tertiary alicyclic amines) is 1. The normalized spacial score (nSPS) is 20.0. The molecule has 1 aromatic rings. The number of benzene rings is 1. The van der Waals surface area contributed by atoms with Gasteiger partial charge in [0.25, 0.3) is 11.8 Å². The molecule has 1 fully saturated rings. The zero-order valence-electron chi connectivity index (χ0n) is 13.8. The molecule has 0 aliphatic carbocycles. The highest BCUT2D eigenvalue weighted by molar-refractivity contribution is 5.95. The van der Waals surface area contributed by atoms with Crippen molar-refractivity contribution < 1.29 is 24.0 Å². The molecule has 0 radical (unpaired) electrons. The highest BCUT2D eigenvalue weighted by Crippen LogP contribution is 2.09. The van der Waals surface area contributed by atoms with Crippen LogP contribution in [0.5, 0.6) is 0 Å². The van der Waals surface area contributed by atoms with Crippen molar-refractivity contribution in [3.05, 3.63) is 35.9 Å². The van der Waals surface area contributed by atoms with Crippen LogP contribution < -0.4 is 15.8 Å². The van der Waals surface area contributed by atoms with Gasteiger partial charge in [-0.15, -0.1) is 0 Å². The van der Waals surface area contributed by atoms with Crippen molar-refractivity contribution in [3.63, 3.8) is 0 Å². The van der Waals surface area contributed by atoms with E-state index in [4.69, 9.17) is 4.74 Å². The Labute approximate surface area is 141 Å². The summed E-state index contributed by atoms with van der Waals surface area (Å²) in [6.45, 7) is 3.78. The predicted octanol–water partition coefficient (Wildman–Crippen LogP) is -0.694. The Bertz CT molecular complexity index is 576. The summed E-state index contributed by atoms with van der Waals surface area (Å²) in [6.07, 6.45) is 1.68. The lowest BCUT2D eigenvalue weighted by Gasteiger charge is -2.28. The molecule has 2 rings (SSSR count). The Morgan fingerprint density at radius 3 is 2.67 bits per heavy atom. The summed E-state index contributed by atoms with van der Waals surface area (Å²) in [5.41, 5.74) is 5.30. The first kappa shape index (κ1) is 17.9. The SMILES string of the molecule is CCOC(=O)[C@@H]1CCC[NH+](CC(=O)NNC(=O)c2ccccc2)C1. The van der Waals surface area contributed by atoms with Gasteiger partial charge in [-0.05, 0) is 31.9 Å². The van der Waals surface area contributed by atoms with Crippen molar-refractivity contribution in [2.45, 2.75) is 19.8 Å². The van der Waals surface area contributed by atoms with Gasteiger partial charge in [-0.3, -0.25) is 25.2 Å². The lowest BCUT2D eigenvalue weighted by atomic mass is 9.98. The fourth-order valence-corrected chi connectivity index (χ4v) is 2.83. The molecule has 1 saturated heterocycles. The number of carbonyl (C=O) groups excluding carboxylic acids is 3. The van der Waals surface area contributed by atoms with Crippen LogP contribution in [-0.4, -0.2) is 44.0 Å². The number of esters is 1. The van der Waals surface area contributed by atoms with Crippen LogP contribution in [0.25, 0.3) is 0 Å². The van der Waals surface area contributed by atoms with Gasteiger partial charge < -0.3 is 9.64 Å². The van der Waals surface area contributed by atoms with E-state index in [2.05, 4.69) is 10.9 Å². The minimum absolute atomic E-state index is 0.152. The number of hydrogen-bond donors (Lipinski definition) is 3. The maximum Gasteiger partial charge on any atom is 0.314 e. The van der Waals surface area contributed by atoms with Crippen molar-refractivity contribution in [2.24, 2.45) is 5.92 Å². The van der Waals surface area contributed by atoms with Crippen molar-refractivity contribution in [2.75, 3.05) is 26.2 Å². The summed E-state index contributed by atoms with van der Waals surface area (Å²) in [5, 5.41) is 0. The maximum atomic E-state index is 12.0. The van der Waals surface area contributed by atoms with Gasteiger partial charge >= 0.3 is 5.97 Å². The molecule has 0 spiro atoms. The predicted molar refractivity (Wildman–Crippen MR) is 87.0 cm³/mol. The first-order chi connectivity index (χ1) is 11.6. The molecule has 130 valence electrons. The third-order valence-corrected chi connectivity index (χ3v) is 4.00. The molecule has 3 N–H and O–H groups in total. The van der Waals surface area contributed by atoms with Crippen molar-refractivity contribution in [3.8, 4) is 0 Å². The smallest absolute Gasteiger partial charge is 0.314 e. The minimum atomic E-state index is -0.359. The fraction of sp³-hybridized carbons (Fsp3) is 0.471. The van der Waals surface area contributed by atoms with Crippen LogP contribution in [-0.2, 0) is 14.3 Å². The minimum Gasteiger partial charge on any atom is -0.466 e. The average Bonchev–Trinajstić information content (AvgIpc) is 2.61. The summed E-state index contributed by atoms with van der Waals surface area (Å²) in [6, 6.07) is 8.66. The van der Waals surface area contributed by atoms with E-state index in [9.17, 15) is 14.4 Å². The van der Waals surface area contributed by atoms with Crippen LogP contribution in [0.4, 0.5) is 0 Å². The Balaban J connectivity index is 1.75. The number of ether oxygens (including phenoxy) is 1. The molecule has 7 heteroatoms. The van der Waals surface area contributed by atoms with Crippen molar-refractivity contribution in [1.29, 1.82) is 0 Å². The second kappa shape index (κ2) is 9.02. The van der Waals surface area contributed by atoms with E-state index in [-0.39, 0.29) is 30.2 Å². The third kappa shape index (κ3) is 5.34. The fourth-order valence-electron chi connectivity index (χ4n) is 2.83. The largest absolute Gasteiger partial charge is 0.466 e. The summed E-state index contributed by atoms with van der Waals surface area (Å²) in [7, 11) is 0. The lowest BCUT2D eigenvalue weighted by Crippen LogP contribution is -3.15. The van der Waals surface area contributed by atoms with Crippen LogP contribution in [0, 0.1) is 5.92 Å². The number of rotatable bonds is 5. The molecule has 0 aromatic heterocycles. The second-order valence-electron chi connectivity index (χ2n) is 5.84. The molecular weight excluding hydrogens is 310 g/mol. The van der Waals surface area contributed by atoms with Gasteiger partial charge in [-0.1, -0.05) is 18.2 Å². The summed E-state index contributed by atoms with van der Waals surface area (Å²) >= 11 is 0. The van der Waals surface area contributed by atoms with Gasteiger partial charge in [0.15, 0.2) is 6.54 Å². The molecule has 1 unspecified atom stereocenters. The molecule has 1 aromatic carbocycles. The summed E-state index contributed by atoms with van der Waals surface area (Å²) in [4.78, 5) is 36.7. The first-order valence-electron chi connectivity index (χ1n) is 8.24. The van der Waals surface area contributed by atoms with Crippen molar-refractivity contribution in [1.82, 2.24) is 10.9 Å². The monoisotopic (exact) mass is 334 g/mol. The van der Waals surface area contributed by atoms with E-state index in [1.165, 1.54) is 0 Å². The topological polar surface area (TPSA) is 88.9 Å². The van der Waals surface area contributed by atoms with E-state index in [1.807, 2.05) is 6.07 Å². The van der Waals surface area contributed by atoms with Gasteiger partial charge in [0.1, 0.15) is 5.92 Å². The highest BCUT2D eigenvalue weighted by atomic mass is 16.5. The summed E-state index contributed by atoms with van der Waals surface area (Å²) in [5.74, 6) is -0.978. The Kier molecular flexibility index (Phi) is 6.74. The van der Waals surface area contributed by atoms with E-state index in [0.29, 0.717) is 18.7 Å². The van der Waals surface area contributed by atoms with Gasteiger partial charge in [-0.2, -0.15) is 0 Å². The molecule has 2 amide bonds. The highest BCUT2D eigenvalue weighted by Gasteiger charge is 2.30. The Hall–Kier alpha value is -2.41. The zero-order chi connectivity index (χ0) is 17.4. The second-order valence-corrected chi connectivity index (χ2v) is 5.84. The van der Waals surface area contributed by atoms with Crippen LogP contribution >= 0.6 is 0 Å². The molecule has 1 aliphatic heterocycles. The molecule has 7 nitrogen and oxygen atoms in total. The molecule has 2 atom stereocenters. The van der Waals surface area contributed by atoms with Gasteiger partial charge in [0.2, 0.25) is 0 Å². The molecule has 24 heavy (non-hydrogen) atoms. The number of amides is 2. The summed E-state index contributed by atoms with van der Waals surface area (Å²) < 4.78 is 5.05. The van der Waals surface area contributed by atoms with E-state index in [0.717, 1.165) is 24.3 Å². The van der Waals surface area contributed by atoms with Gasteiger partial charge in [0, 0.05) is 5.56 Å². The quantitative estimate of drug-likeness (QED) is 0.491. The zero-order valence-corrected chi connectivity index (χ0v) is 13.8. The average molecular weight is 334 g/mol. The van der Waals surface area contributed by atoms with Crippen molar-refractivity contribution >= 4 is 17.8 Å². The molecular formula is C17H24N3O4+. The van der Waals surface area contributed by atoms with Crippen LogP contribution in [0.3, 0.4) is 0 Å². The number of piperidine rings is 1. The number of hydrazine groups is 1. The van der Waals surface area contributed by atoms with E-state index >= 15 is 0 Å². The van der Waals surface area contributed by atoms with E-state index < -0.39 is 0 Å². The Morgan fingerprint density at radius 1 is 1.21 bits per heavy atom. The Morgan fingerprint density at radius 2 is 1.96 bits per heavy atom. The number of quaternary nitrogens is 1. The first-order valence-corrected chi connectivity index (χ1v) is 8.24. The standard InChI is InChI=1S/C17H23N3O4/c1-2-24-17(23)14-9-6-10-20(11-14)12-15(21)18-19-16(22)13-7-4-3-5-8-13/h3-5,7-8,14H,2,6,9-12H2,1H3,(H,18,21)(H,19,22)/p+1/t14-/m1/s1. The number of carbonyl (C=O) groups is 3. The number of hydrogen-bond acceptors (Lipinski definition) is 4. The molecule has 1 aliphatic rings. The third-order valence-electron chi connectivity index (χ3n) is 4.00. The molecule has 0 saturated carbocycles. The van der Waals surface area contributed by atoms with Crippen LogP contribution in [0.2, 0.25) is 0 Å². The molecule has 1 heterocycles. The maximum absolute atomic E-state index is 12.0. The van der Waals surface area contributed by atoms with Crippen LogP contribution in [0.1, 0.15) is 30.1 Å².